The number of amides is 2. The van der Waals surface area contributed by atoms with Crippen molar-refractivity contribution in [2.45, 2.75) is 6.92 Å². The lowest BCUT2D eigenvalue weighted by Gasteiger charge is -2.17. The highest BCUT2D eigenvalue weighted by atomic mass is 35.5. The molecule has 0 saturated heterocycles. The lowest BCUT2D eigenvalue weighted by Crippen LogP contribution is -2.31. The fraction of sp³-hybridized carbons (Fsp3) is 0.273. The van der Waals surface area contributed by atoms with Crippen LogP contribution in [-0.2, 0) is 0 Å². The molecule has 1 rings (SSSR count). The molecule has 3 N–H and O–H groups in total. The number of thiocarbonyl (C=S) groups is 1. The number of carbonyl (C=O) groups is 1. The number of anilines is 1. The van der Waals surface area contributed by atoms with Gasteiger partial charge in [-0.05, 0) is 25.1 Å². The number of nitrogens with zero attached hydrogens (tertiary/aromatic N) is 1. The minimum Gasteiger partial charge on any atom is -0.389 e. The van der Waals surface area contributed by atoms with Gasteiger partial charge in [-0.25, -0.2) is 4.79 Å². The molecule has 0 fully saturated rings. The van der Waals surface area contributed by atoms with Gasteiger partial charge in [0.25, 0.3) is 0 Å². The molecule has 0 atom stereocenters. The van der Waals surface area contributed by atoms with E-state index in [0.717, 1.165) is 0 Å². The second-order valence-electron chi connectivity index (χ2n) is 3.50. The van der Waals surface area contributed by atoms with Crippen molar-refractivity contribution in [3.63, 3.8) is 0 Å². The highest BCUT2D eigenvalue weighted by Gasteiger charge is 2.11. The zero-order valence-electron chi connectivity index (χ0n) is 9.66. The summed E-state index contributed by atoms with van der Waals surface area (Å²) < 4.78 is 0. The molecule has 17 heavy (non-hydrogen) atoms. The average molecular weight is 272 g/mol. The summed E-state index contributed by atoms with van der Waals surface area (Å²) in [4.78, 5) is 13.5. The number of hydrogen-bond donors (Lipinski definition) is 2. The molecule has 0 aromatic heterocycles. The molecule has 2 amide bonds. The quantitative estimate of drug-likeness (QED) is 0.831. The molecule has 1 aromatic carbocycles. The van der Waals surface area contributed by atoms with Crippen molar-refractivity contribution in [3.8, 4) is 0 Å². The summed E-state index contributed by atoms with van der Waals surface area (Å²) in [6.07, 6.45) is 0. The third-order valence-electron chi connectivity index (χ3n) is 2.31. The van der Waals surface area contributed by atoms with Crippen LogP contribution in [0.5, 0.6) is 0 Å². The molecule has 0 radical (unpaired) electrons. The Morgan fingerprint density at radius 3 is 2.76 bits per heavy atom. The molecule has 6 heteroatoms. The maximum atomic E-state index is 11.7. The summed E-state index contributed by atoms with van der Waals surface area (Å²) in [5.41, 5.74) is 6.70. The first-order valence-corrected chi connectivity index (χ1v) is 5.85. The predicted octanol–water partition coefficient (Wildman–Crippen LogP) is 2.46. The summed E-state index contributed by atoms with van der Waals surface area (Å²) in [6, 6.07) is 4.76. The molecule has 92 valence electrons. The molecule has 0 saturated carbocycles. The van der Waals surface area contributed by atoms with E-state index in [2.05, 4.69) is 5.32 Å². The van der Waals surface area contributed by atoms with E-state index in [0.29, 0.717) is 22.8 Å². The highest BCUT2D eigenvalue weighted by molar-refractivity contribution is 7.80. The van der Waals surface area contributed by atoms with Gasteiger partial charge in [0.2, 0.25) is 0 Å². The summed E-state index contributed by atoms with van der Waals surface area (Å²) in [5.74, 6) is 0. The number of hydrogen-bond acceptors (Lipinski definition) is 2. The normalized spacial score (nSPS) is 9.82. The molecular formula is C11H14ClN3OS. The molecule has 0 aliphatic rings. The predicted molar refractivity (Wildman–Crippen MR) is 74.7 cm³/mol. The van der Waals surface area contributed by atoms with E-state index in [1.54, 1.807) is 25.2 Å². The van der Waals surface area contributed by atoms with Crippen LogP contribution in [0.1, 0.15) is 12.5 Å². The van der Waals surface area contributed by atoms with Gasteiger partial charge in [-0.3, -0.25) is 0 Å². The first kappa shape index (κ1) is 13.7. The van der Waals surface area contributed by atoms with E-state index < -0.39 is 0 Å². The van der Waals surface area contributed by atoms with Crippen molar-refractivity contribution in [3.05, 3.63) is 28.8 Å². The number of nitrogens with one attached hydrogen (secondary N) is 1. The minimum atomic E-state index is -0.229. The Kier molecular flexibility index (Phi) is 4.72. The average Bonchev–Trinajstić information content (AvgIpc) is 2.27. The highest BCUT2D eigenvalue weighted by Crippen LogP contribution is 2.21. The topological polar surface area (TPSA) is 58.4 Å². The van der Waals surface area contributed by atoms with E-state index in [-0.39, 0.29) is 11.0 Å². The van der Waals surface area contributed by atoms with Crippen molar-refractivity contribution in [1.29, 1.82) is 0 Å². The van der Waals surface area contributed by atoms with Crippen LogP contribution >= 0.6 is 23.8 Å². The third kappa shape index (κ3) is 3.57. The molecule has 0 spiro atoms. The van der Waals surface area contributed by atoms with Gasteiger partial charge in [-0.15, -0.1) is 0 Å². The maximum absolute atomic E-state index is 11.7. The number of benzene rings is 1. The molecule has 4 nitrogen and oxygen atoms in total. The van der Waals surface area contributed by atoms with Gasteiger partial charge in [0.05, 0.1) is 5.69 Å². The molecule has 0 unspecified atom stereocenters. The van der Waals surface area contributed by atoms with Crippen LogP contribution in [0.2, 0.25) is 5.02 Å². The van der Waals surface area contributed by atoms with E-state index in [9.17, 15) is 4.79 Å². The van der Waals surface area contributed by atoms with Gasteiger partial charge in [-0.1, -0.05) is 23.8 Å². The van der Waals surface area contributed by atoms with E-state index in [4.69, 9.17) is 29.6 Å². The van der Waals surface area contributed by atoms with Crippen LogP contribution in [0.3, 0.4) is 0 Å². The zero-order chi connectivity index (χ0) is 13.0. The maximum Gasteiger partial charge on any atom is 0.321 e. The van der Waals surface area contributed by atoms with Crippen molar-refractivity contribution in [1.82, 2.24) is 4.90 Å². The molecule has 0 heterocycles. The molecule has 0 aliphatic carbocycles. The van der Waals surface area contributed by atoms with E-state index in [1.165, 1.54) is 4.90 Å². The minimum absolute atomic E-state index is 0.219. The van der Waals surface area contributed by atoms with Gasteiger partial charge in [0.15, 0.2) is 0 Å². The Balaban J connectivity index is 3.00. The van der Waals surface area contributed by atoms with Gasteiger partial charge < -0.3 is 16.0 Å². The van der Waals surface area contributed by atoms with Crippen LogP contribution in [0.25, 0.3) is 0 Å². The van der Waals surface area contributed by atoms with Crippen LogP contribution in [0.15, 0.2) is 18.2 Å². The summed E-state index contributed by atoms with van der Waals surface area (Å²) >= 11 is 10.8. The Morgan fingerprint density at radius 2 is 2.24 bits per heavy atom. The first-order chi connectivity index (χ1) is 7.95. The van der Waals surface area contributed by atoms with Crippen LogP contribution < -0.4 is 11.1 Å². The third-order valence-corrected chi connectivity index (χ3v) is 2.76. The van der Waals surface area contributed by atoms with E-state index >= 15 is 0 Å². The molecule has 1 aromatic rings. The molecular weight excluding hydrogens is 258 g/mol. The number of rotatable bonds is 3. The Morgan fingerprint density at radius 1 is 1.59 bits per heavy atom. The fourth-order valence-electron chi connectivity index (χ4n) is 1.19. The Bertz CT molecular complexity index is 450. The SMILES string of the molecule is CCN(C)C(=O)Nc1cc(Cl)ccc1C(N)=S. The van der Waals surface area contributed by atoms with Crippen LogP contribution in [0.4, 0.5) is 10.5 Å². The lowest BCUT2D eigenvalue weighted by molar-refractivity contribution is 0.224. The monoisotopic (exact) mass is 271 g/mol. The van der Waals surface area contributed by atoms with Gasteiger partial charge in [0, 0.05) is 24.2 Å². The van der Waals surface area contributed by atoms with Gasteiger partial charge in [-0.2, -0.15) is 0 Å². The van der Waals surface area contributed by atoms with Gasteiger partial charge in [0.1, 0.15) is 4.99 Å². The van der Waals surface area contributed by atoms with Crippen molar-refractivity contribution >= 4 is 40.5 Å². The Hall–Kier alpha value is -1.33. The largest absolute Gasteiger partial charge is 0.389 e. The number of halogens is 1. The second-order valence-corrected chi connectivity index (χ2v) is 4.37. The second kappa shape index (κ2) is 5.84. The zero-order valence-corrected chi connectivity index (χ0v) is 11.2. The number of urea groups is 1. The van der Waals surface area contributed by atoms with Crippen LogP contribution in [0, 0.1) is 0 Å². The standard InChI is InChI=1S/C11H14ClN3OS/c1-3-15(2)11(16)14-9-6-7(12)4-5-8(9)10(13)17/h4-6H,3H2,1-2H3,(H2,13,17)(H,14,16). The van der Waals surface area contributed by atoms with Crippen LogP contribution in [-0.4, -0.2) is 29.5 Å². The number of carbonyl (C=O) groups excluding carboxylic acids is 1. The Labute approximate surface area is 111 Å². The van der Waals surface area contributed by atoms with Crippen molar-refractivity contribution in [2.75, 3.05) is 18.9 Å². The smallest absolute Gasteiger partial charge is 0.321 e. The van der Waals surface area contributed by atoms with Crippen molar-refractivity contribution < 1.29 is 4.79 Å². The van der Waals surface area contributed by atoms with Gasteiger partial charge >= 0.3 is 6.03 Å². The number of nitrogens with two attached hydrogens (primary N) is 1. The van der Waals surface area contributed by atoms with Crippen molar-refractivity contribution in [2.24, 2.45) is 5.73 Å². The fourth-order valence-corrected chi connectivity index (χ4v) is 1.54. The van der Waals surface area contributed by atoms with E-state index in [1.807, 2.05) is 6.92 Å². The summed E-state index contributed by atoms with van der Waals surface area (Å²) in [5, 5.41) is 3.23. The summed E-state index contributed by atoms with van der Waals surface area (Å²) in [6.45, 7) is 2.49. The summed E-state index contributed by atoms with van der Waals surface area (Å²) in [7, 11) is 1.69. The molecule has 0 bridgehead atoms. The lowest BCUT2D eigenvalue weighted by atomic mass is 10.2. The first-order valence-electron chi connectivity index (χ1n) is 5.07. The molecule has 0 aliphatic heterocycles.